The van der Waals surface area contributed by atoms with Gasteiger partial charge in [-0.1, -0.05) is 155 Å². The van der Waals surface area contributed by atoms with Gasteiger partial charge in [-0.05, 0) is 111 Å². The van der Waals surface area contributed by atoms with E-state index in [1.54, 1.807) is 0 Å². The molecule has 0 spiro atoms. The van der Waals surface area contributed by atoms with Crippen molar-refractivity contribution in [2.24, 2.45) is 0 Å². The van der Waals surface area contributed by atoms with Gasteiger partial charge in [-0.15, -0.1) is 0 Å². The average molecular weight is 756 g/mol. The summed E-state index contributed by atoms with van der Waals surface area (Å²) in [5, 5.41) is 2.91. The Morgan fingerprint density at radius 2 is 0.807 bits per heavy atom. The van der Waals surface area contributed by atoms with Crippen molar-refractivity contribution in [1.82, 2.24) is 0 Å². The Bertz CT molecular complexity index is 2860. The minimum absolute atomic E-state index is 0.161. The van der Waals surface area contributed by atoms with Crippen molar-refractivity contribution in [3.8, 4) is 33.4 Å². The molecule has 0 N–H and O–H groups in total. The standard InChI is InChI=1S/C54H42ClNO/c1-53(2)46-17-11-12-18-47(46)54(3,4)49-34-50(55)45(33-48(49)53)39-23-29-43-44-30-28-42(32-52(44)57-51(43)31-39)56(40-24-19-37(20-25-40)35-13-7-5-8-14-35)41-26-21-38(22-27-41)36-15-9-6-10-16-36/h5-34H,1-4H3. The monoisotopic (exact) mass is 755 g/mol. The molecule has 8 aromatic carbocycles. The van der Waals surface area contributed by atoms with Gasteiger partial charge in [0, 0.05) is 55.3 Å². The third kappa shape index (κ3) is 5.86. The van der Waals surface area contributed by atoms with Crippen LogP contribution in [0.25, 0.3) is 55.3 Å². The van der Waals surface area contributed by atoms with E-state index in [1.807, 2.05) is 0 Å². The number of nitrogens with zero attached hydrogens (tertiary/aromatic N) is 1. The lowest BCUT2D eigenvalue weighted by molar-refractivity contribution is 0.521. The van der Waals surface area contributed by atoms with Crippen LogP contribution in [0, 0.1) is 0 Å². The van der Waals surface area contributed by atoms with Gasteiger partial charge in [-0.3, -0.25) is 0 Å². The Kier molecular flexibility index (Phi) is 8.25. The maximum absolute atomic E-state index is 7.20. The average Bonchev–Trinajstić information content (AvgIpc) is 3.61. The molecule has 0 saturated carbocycles. The zero-order valence-corrected chi connectivity index (χ0v) is 33.3. The molecule has 0 amide bonds. The summed E-state index contributed by atoms with van der Waals surface area (Å²) in [5.74, 6) is 0. The van der Waals surface area contributed by atoms with Crippen LogP contribution >= 0.6 is 11.6 Å². The molecule has 0 bridgehead atoms. The number of rotatable bonds is 6. The van der Waals surface area contributed by atoms with Gasteiger partial charge in [0.2, 0.25) is 0 Å². The van der Waals surface area contributed by atoms with Gasteiger partial charge in [-0.2, -0.15) is 0 Å². The molecule has 1 aliphatic rings. The molecule has 10 rings (SSSR count). The lowest BCUT2D eigenvalue weighted by atomic mass is 9.60. The Morgan fingerprint density at radius 3 is 1.35 bits per heavy atom. The lowest BCUT2D eigenvalue weighted by Crippen LogP contribution is -2.36. The van der Waals surface area contributed by atoms with E-state index in [-0.39, 0.29) is 10.8 Å². The van der Waals surface area contributed by atoms with Gasteiger partial charge in [-0.25, -0.2) is 0 Å². The van der Waals surface area contributed by atoms with E-state index < -0.39 is 0 Å². The third-order valence-corrected chi connectivity index (χ3v) is 12.5. The highest BCUT2D eigenvalue weighted by Crippen LogP contribution is 2.52. The Morgan fingerprint density at radius 1 is 0.386 bits per heavy atom. The Labute approximate surface area is 339 Å². The molecule has 3 heteroatoms. The number of benzene rings is 8. The van der Waals surface area contributed by atoms with Crippen LogP contribution in [0.15, 0.2) is 186 Å². The molecule has 276 valence electrons. The molecular formula is C54H42ClNO. The summed E-state index contributed by atoms with van der Waals surface area (Å²) in [6, 6.07) is 65.1. The number of anilines is 3. The van der Waals surface area contributed by atoms with Crippen molar-refractivity contribution in [2.75, 3.05) is 4.90 Å². The lowest BCUT2D eigenvalue weighted by Gasteiger charge is -2.44. The molecule has 2 nitrogen and oxygen atoms in total. The molecule has 1 aromatic heterocycles. The molecule has 1 heterocycles. The van der Waals surface area contributed by atoms with E-state index in [9.17, 15) is 0 Å². The predicted octanol–water partition coefficient (Wildman–Crippen LogP) is 15.7. The number of hydrogen-bond donors (Lipinski definition) is 0. The van der Waals surface area contributed by atoms with Crippen LogP contribution < -0.4 is 4.90 Å². The van der Waals surface area contributed by atoms with Crippen LogP contribution in [0.3, 0.4) is 0 Å². The summed E-state index contributed by atoms with van der Waals surface area (Å²) in [6.45, 7) is 9.28. The summed E-state index contributed by atoms with van der Waals surface area (Å²) in [7, 11) is 0. The van der Waals surface area contributed by atoms with Crippen molar-refractivity contribution in [2.45, 2.75) is 38.5 Å². The fraction of sp³-hybridized carbons (Fsp3) is 0.111. The van der Waals surface area contributed by atoms with Crippen molar-refractivity contribution < 1.29 is 4.42 Å². The fourth-order valence-corrected chi connectivity index (χ4v) is 9.35. The van der Waals surface area contributed by atoms with E-state index in [0.29, 0.717) is 0 Å². The first-order valence-electron chi connectivity index (χ1n) is 19.7. The molecule has 0 unspecified atom stereocenters. The number of fused-ring (bicyclic) bond motifs is 5. The zero-order chi connectivity index (χ0) is 38.9. The Hall–Kier alpha value is -6.35. The molecule has 0 aliphatic heterocycles. The molecule has 57 heavy (non-hydrogen) atoms. The first-order chi connectivity index (χ1) is 27.7. The fourth-order valence-electron chi connectivity index (χ4n) is 9.08. The topological polar surface area (TPSA) is 16.4 Å². The molecular weight excluding hydrogens is 714 g/mol. The van der Waals surface area contributed by atoms with Gasteiger partial charge in [0.05, 0.1) is 0 Å². The predicted molar refractivity (Wildman–Crippen MR) is 240 cm³/mol. The van der Waals surface area contributed by atoms with Crippen LogP contribution in [0.1, 0.15) is 49.9 Å². The summed E-state index contributed by atoms with van der Waals surface area (Å²) >= 11 is 7.20. The molecule has 1 aliphatic carbocycles. The molecule has 0 fully saturated rings. The van der Waals surface area contributed by atoms with Crippen molar-refractivity contribution in [1.29, 1.82) is 0 Å². The van der Waals surface area contributed by atoms with Crippen molar-refractivity contribution >= 4 is 50.6 Å². The zero-order valence-electron chi connectivity index (χ0n) is 32.6. The normalized spacial score (nSPS) is 14.0. The Balaban J connectivity index is 1.05. The number of hydrogen-bond acceptors (Lipinski definition) is 2. The van der Waals surface area contributed by atoms with Gasteiger partial charge in [0.25, 0.3) is 0 Å². The summed E-state index contributed by atoms with van der Waals surface area (Å²) in [4.78, 5) is 2.30. The third-order valence-electron chi connectivity index (χ3n) is 12.2. The van der Waals surface area contributed by atoms with Crippen LogP contribution in [-0.4, -0.2) is 0 Å². The largest absolute Gasteiger partial charge is 0.456 e. The van der Waals surface area contributed by atoms with Crippen LogP contribution in [-0.2, 0) is 10.8 Å². The van der Waals surface area contributed by atoms with Crippen molar-refractivity contribution in [3.05, 3.63) is 209 Å². The molecule has 0 radical (unpaired) electrons. The van der Waals surface area contributed by atoms with Crippen LogP contribution in [0.4, 0.5) is 17.1 Å². The second-order valence-corrected chi connectivity index (χ2v) is 16.7. The highest BCUT2D eigenvalue weighted by atomic mass is 35.5. The number of halogens is 1. The summed E-state index contributed by atoms with van der Waals surface area (Å²) in [6.07, 6.45) is 0. The van der Waals surface area contributed by atoms with E-state index in [1.165, 1.54) is 44.5 Å². The van der Waals surface area contributed by atoms with E-state index in [0.717, 1.165) is 55.2 Å². The number of furan rings is 1. The minimum atomic E-state index is -0.170. The van der Waals surface area contributed by atoms with Gasteiger partial charge in [0.15, 0.2) is 0 Å². The van der Waals surface area contributed by atoms with E-state index >= 15 is 0 Å². The smallest absolute Gasteiger partial charge is 0.137 e. The molecule has 0 atom stereocenters. The quantitative estimate of drug-likeness (QED) is 0.168. The first kappa shape index (κ1) is 35.1. The van der Waals surface area contributed by atoms with Gasteiger partial charge >= 0.3 is 0 Å². The maximum Gasteiger partial charge on any atom is 0.137 e. The summed E-state index contributed by atoms with van der Waals surface area (Å²) < 4.78 is 6.73. The SMILES string of the molecule is CC1(C)c2ccccc2C(C)(C)c2cc(-c3ccc4c(c3)oc3cc(N(c5ccc(-c6ccccc6)cc5)c5ccc(-c6ccccc6)cc5)ccc34)c(Cl)cc21. The molecule has 9 aromatic rings. The van der Waals surface area contributed by atoms with Crippen molar-refractivity contribution in [3.63, 3.8) is 0 Å². The molecule has 0 saturated heterocycles. The van der Waals surface area contributed by atoms with Gasteiger partial charge < -0.3 is 9.32 Å². The second kappa shape index (κ2) is 13.4. The highest BCUT2D eigenvalue weighted by Gasteiger charge is 2.42. The minimum Gasteiger partial charge on any atom is -0.456 e. The van der Waals surface area contributed by atoms with Gasteiger partial charge in [0.1, 0.15) is 11.2 Å². The first-order valence-corrected chi connectivity index (χ1v) is 20.1. The van der Waals surface area contributed by atoms with Crippen LogP contribution in [0.5, 0.6) is 0 Å². The second-order valence-electron chi connectivity index (χ2n) is 16.3. The van der Waals surface area contributed by atoms with Crippen LogP contribution in [0.2, 0.25) is 5.02 Å². The summed E-state index contributed by atoms with van der Waals surface area (Å²) in [5.41, 5.74) is 16.6. The van der Waals surface area contributed by atoms with E-state index in [4.69, 9.17) is 16.0 Å². The highest BCUT2D eigenvalue weighted by molar-refractivity contribution is 6.33. The maximum atomic E-state index is 7.20. The van der Waals surface area contributed by atoms with E-state index in [2.05, 4.69) is 215 Å².